The van der Waals surface area contributed by atoms with Crippen LogP contribution in [0, 0.1) is 11.2 Å². The number of halogens is 4. The smallest absolute Gasteiger partial charge is 0.379 e. The molecule has 2 aromatic rings. The van der Waals surface area contributed by atoms with E-state index in [-0.39, 0.29) is 40.4 Å². The first-order valence-corrected chi connectivity index (χ1v) is 10.1. The Hall–Kier alpha value is -2.62. The summed E-state index contributed by atoms with van der Waals surface area (Å²) in [5.74, 6) is -1.88. The highest BCUT2D eigenvalue weighted by atomic mass is 19.4. The predicted molar refractivity (Wildman–Crippen MR) is 106 cm³/mol. The summed E-state index contributed by atoms with van der Waals surface area (Å²) in [4.78, 5) is 11.9. The molecule has 1 amide bonds. The molecule has 1 unspecified atom stereocenters. The highest BCUT2D eigenvalue weighted by Crippen LogP contribution is 2.42. The van der Waals surface area contributed by atoms with Gasteiger partial charge in [-0.15, -0.1) is 0 Å². The van der Waals surface area contributed by atoms with E-state index < -0.39 is 23.6 Å². The molecule has 1 aromatic heterocycles. The first kappa shape index (κ1) is 21.6. The summed E-state index contributed by atoms with van der Waals surface area (Å²) < 4.78 is 62.3. The maximum absolute atomic E-state index is 14.9. The second kappa shape index (κ2) is 7.51. The Labute approximate surface area is 176 Å². The Bertz CT molecular complexity index is 1020. The number of fused-ring (bicyclic) bond motifs is 1. The van der Waals surface area contributed by atoms with Crippen molar-refractivity contribution < 1.29 is 27.1 Å². The van der Waals surface area contributed by atoms with Gasteiger partial charge in [0.2, 0.25) is 0 Å². The summed E-state index contributed by atoms with van der Waals surface area (Å²) in [5.41, 5.74) is 4.63. The molecule has 0 saturated carbocycles. The van der Waals surface area contributed by atoms with E-state index >= 15 is 0 Å². The van der Waals surface area contributed by atoms with Gasteiger partial charge in [0, 0.05) is 23.9 Å². The zero-order chi connectivity index (χ0) is 22.6. The topological polar surface area (TPSA) is 82.2 Å². The van der Waals surface area contributed by atoms with E-state index in [0.29, 0.717) is 38.2 Å². The Morgan fingerprint density at radius 3 is 2.71 bits per heavy atom. The zero-order valence-electron chi connectivity index (χ0n) is 17.3. The van der Waals surface area contributed by atoms with Gasteiger partial charge in [0.15, 0.2) is 5.69 Å². The van der Waals surface area contributed by atoms with Crippen LogP contribution in [0.1, 0.15) is 54.0 Å². The van der Waals surface area contributed by atoms with Crippen molar-refractivity contribution in [2.24, 2.45) is 11.1 Å². The van der Waals surface area contributed by atoms with Crippen molar-refractivity contribution in [2.75, 3.05) is 18.5 Å². The lowest BCUT2D eigenvalue weighted by molar-refractivity contribution is -0.142. The van der Waals surface area contributed by atoms with Crippen molar-refractivity contribution in [1.29, 1.82) is 0 Å². The summed E-state index contributed by atoms with van der Waals surface area (Å²) in [5, 5.41) is 6.89. The van der Waals surface area contributed by atoms with Crippen LogP contribution in [0.2, 0.25) is 0 Å². The minimum atomic E-state index is -4.62. The van der Waals surface area contributed by atoms with Gasteiger partial charge in [0.1, 0.15) is 5.82 Å². The van der Waals surface area contributed by atoms with Gasteiger partial charge in [-0.05, 0) is 37.2 Å². The standard InChI is InChI=1S/C21H24F4N4O2/c1-20(2)5-3-13-16(9-20)29(28-18(13)21(23,24)25)12-7-14(22)17(19(26)30)15(8-12)27-11-4-6-31-10-11/h7-8,11,27H,3-6,9-10H2,1-2H3,(H2,26,30). The van der Waals surface area contributed by atoms with Gasteiger partial charge in [0.05, 0.1) is 29.6 Å². The summed E-state index contributed by atoms with van der Waals surface area (Å²) in [6.07, 6.45) is -2.77. The van der Waals surface area contributed by atoms with Gasteiger partial charge in [-0.2, -0.15) is 18.3 Å². The summed E-state index contributed by atoms with van der Waals surface area (Å²) in [6, 6.07) is 2.27. The second-order valence-corrected chi connectivity index (χ2v) is 8.94. The van der Waals surface area contributed by atoms with Crippen LogP contribution in [-0.2, 0) is 23.8 Å². The van der Waals surface area contributed by atoms with Crippen LogP contribution in [-0.4, -0.2) is 34.9 Å². The van der Waals surface area contributed by atoms with Crippen LogP contribution >= 0.6 is 0 Å². The molecule has 2 heterocycles. The minimum Gasteiger partial charge on any atom is -0.379 e. The largest absolute Gasteiger partial charge is 0.435 e. The third-order valence-corrected chi connectivity index (χ3v) is 5.91. The number of amides is 1. The fourth-order valence-electron chi connectivity index (χ4n) is 4.32. The van der Waals surface area contributed by atoms with E-state index in [1.54, 1.807) is 0 Å². The van der Waals surface area contributed by atoms with E-state index in [1.807, 2.05) is 13.8 Å². The Morgan fingerprint density at radius 1 is 1.35 bits per heavy atom. The number of nitrogens with two attached hydrogens (primary N) is 1. The normalized spacial score (nSPS) is 20.5. The molecule has 4 rings (SSSR count). The molecule has 0 spiro atoms. The number of alkyl halides is 3. The lowest BCUT2D eigenvalue weighted by Gasteiger charge is -2.30. The highest BCUT2D eigenvalue weighted by Gasteiger charge is 2.42. The number of nitrogens with zero attached hydrogens (tertiary/aromatic N) is 2. The average Bonchev–Trinajstić information content (AvgIpc) is 3.27. The van der Waals surface area contributed by atoms with E-state index in [0.717, 1.165) is 10.7 Å². The fraction of sp³-hybridized carbons (Fsp3) is 0.524. The summed E-state index contributed by atoms with van der Waals surface area (Å²) >= 11 is 0. The van der Waals surface area contributed by atoms with Gasteiger partial charge in [-0.3, -0.25) is 4.79 Å². The second-order valence-electron chi connectivity index (χ2n) is 8.94. The monoisotopic (exact) mass is 440 g/mol. The first-order valence-electron chi connectivity index (χ1n) is 10.1. The first-order chi connectivity index (χ1) is 14.5. The third-order valence-electron chi connectivity index (χ3n) is 5.91. The number of rotatable bonds is 4. The lowest BCUT2D eigenvalue weighted by Crippen LogP contribution is -2.25. The van der Waals surface area contributed by atoms with Crippen molar-refractivity contribution in [3.8, 4) is 5.69 Å². The zero-order valence-corrected chi connectivity index (χ0v) is 17.3. The summed E-state index contributed by atoms with van der Waals surface area (Å²) in [6.45, 7) is 4.84. The lowest BCUT2D eigenvalue weighted by atomic mass is 9.76. The summed E-state index contributed by atoms with van der Waals surface area (Å²) in [7, 11) is 0. The number of anilines is 1. The van der Waals surface area contributed by atoms with Crippen LogP contribution in [0.15, 0.2) is 12.1 Å². The molecule has 10 heteroatoms. The van der Waals surface area contributed by atoms with Crippen LogP contribution < -0.4 is 11.1 Å². The maximum Gasteiger partial charge on any atom is 0.435 e. The molecule has 0 bridgehead atoms. The highest BCUT2D eigenvalue weighted by molar-refractivity contribution is 5.99. The molecule has 3 N–H and O–H groups in total. The van der Waals surface area contributed by atoms with Gasteiger partial charge in [-0.25, -0.2) is 9.07 Å². The molecule has 1 aromatic carbocycles. The average molecular weight is 440 g/mol. The number of aromatic nitrogens is 2. The van der Waals surface area contributed by atoms with Crippen molar-refractivity contribution in [3.05, 3.63) is 40.5 Å². The predicted octanol–water partition coefficient (Wildman–Crippen LogP) is 3.84. The quantitative estimate of drug-likeness (QED) is 0.708. The molecular formula is C21H24F4N4O2. The van der Waals surface area contributed by atoms with Crippen LogP contribution in [0.3, 0.4) is 0 Å². The van der Waals surface area contributed by atoms with Crippen molar-refractivity contribution >= 4 is 11.6 Å². The maximum atomic E-state index is 14.9. The number of ether oxygens (including phenoxy) is 1. The number of hydrogen-bond acceptors (Lipinski definition) is 4. The van der Waals surface area contributed by atoms with Gasteiger partial charge < -0.3 is 15.8 Å². The van der Waals surface area contributed by atoms with Gasteiger partial charge >= 0.3 is 6.18 Å². The Balaban J connectivity index is 1.87. The molecule has 168 valence electrons. The SMILES string of the molecule is CC1(C)CCc2c(C(F)(F)F)nn(-c3cc(F)c(C(N)=O)c(NC4CCOC4)c3)c2C1. The van der Waals surface area contributed by atoms with Gasteiger partial charge in [-0.1, -0.05) is 13.8 Å². The fourth-order valence-corrected chi connectivity index (χ4v) is 4.32. The van der Waals surface area contributed by atoms with Crippen molar-refractivity contribution in [3.63, 3.8) is 0 Å². The molecule has 2 aliphatic rings. The molecule has 31 heavy (non-hydrogen) atoms. The molecule has 0 radical (unpaired) electrons. The molecule has 6 nitrogen and oxygen atoms in total. The van der Waals surface area contributed by atoms with E-state index in [2.05, 4.69) is 10.4 Å². The minimum absolute atomic E-state index is 0.105. The molecule has 1 aliphatic carbocycles. The molecular weight excluding hydrogens is 416 g/mol. The van der Waals surface area contributed by atoms with Gasteiger partial charge in [0.25, 0.3) is 5.91 Å². The Morgan fingerprint density at radius 2 is 2.10 bits per heavy atom. The third kappa shape index (κ3) is 4.13. The number of carbonyl (C=O) groups excluding carboxylic acids is 1. The van der Waals surface area contributed by atoms with Crippen LogP contribution in [0.5, 0.6) is 0 Å². The van der Waals surface area contributed by atoms with Crippen molar-refractivity contribution in [1.82, 2.24) is 9.78 Å². The van der Waals surface area contributed by atoms with Crippen molar-refractivity contribution in [2.45, 2.75) is 51.7 Å². The molecule has 1 fully saturated rings. The number of benzene rings is 1. The van der Waals surface area contributed by atoms with E-state index in [9.17, 15) is 22.4 Å². The molecule has 1 saturated heterocycles. The number of nitrogens with one attached hydrogen (secondary N) is 1. The number of carbonyl (C=O) groups is 1. The molecule has 1 atom stereocenters. The number of hydrogen-bond donors (Lipinski definition) is 2. The van der Waals surface area contributed by atoms with Crippen LogP contribution in [0.4, 0.5) is 23.2 Å². The van der Waals surface area contributed by atoms with E-state index in [1.165, 1.54) is 6.07 Å². The molecule has 1 aliphatic heterocycles. The van der Waals surface area contributed by atoms with Crippen LogP contribution in [0.25, 0.3) is 5.69 Å². The van der Waals surface area contributed by atoms with E-state index in [4.69, 9.17) is 10.5 Å². The Kier molecular flexibility index (Phi) is 5.23. The number of primary amides is 1.